The molecule has 0 saturated carbocycles. The van der Waals surface area contributed by atoms with Gasteiger partial charge in [-0.1, -0.05) is 52.0 Å². The Morgan fingerprint density at radius 2 is 1.66 bits per heavy atom. The fraction of sp³-hybridized carbons (Fsp3) is 0.462. The quantitative estimate of drug-likeness (QED) is 0.331. The van der Waals surface area contributed by atoms with Gasteiger partial charge >= 0.3 is 8.24 Å². The molecule has 0 amide bonds. The number of imidazole rings is 1. The molecule has 4 heterocycles. The SMILES string of the molecule is Cc1nc(-c2ccc(C(C)(C)O)cc2)c2c[n+]3c4c(ccn4[Si](C(C)C)(C(C)C)C3C)n12. The molecular formula is C26H35N4OSi+. The standard InChI is InChI=1S/C26H35N4OSi/c1-16(2)32(17(3)4)19(6)28-15-23-24(20-9-11-21(12-10-20)26(7,8)31)27-18(5)30(23)22-13-14-29(32)25(22)28/h9-17,19,31H,1-8H3/q+1. The molecule has 0 aliphatic carbocycles. The molecule has 1 aliphatic rings. The van der Waals surface area contributed by atoms with Crippen LogP contribution in [0.5, 0.6) is 0 Å². The molecule has 6 heteroatoms. The lowest BCUT2D eigenvalue weighted by Gasteiger charge is -2.33. The molecule has 0 radical (unpaired) electrons. The molecular weight excluding hydrogens is 412 g/mol. The minimum absolute atomic E-state index is 0.479. The number of rotatable bonds is 4. The summed E-state index contributed by atoms with van der Waals surface area (Å²) in [7, 11) is -1.84. The molecule has 168 valence electrons. The molecule has 1 aliphatic heterocycles. The molecule has 0 spiro atoms. The van der Waals surface area contributed by atoms with Gasteiger partial charge in [-0.25, -0.2) is 9.55 Å². The van der Waals surface area contributed by atoms with Crippen LogP contribution in [0.2, 0.25) is 11.1 Å². The fourth-order valence-electron chi connectivity index (χ4n) is 6.48. The molecule has 0 saturated heterocycles. The molecule has 0 fully saturated rings. The van der Waals surface area contributed by atoms with E-state index in [1.54, 1.807) is 0 Å². The molecule has 1 N–H and O–H groups in total. The molecule has 1 aromatic carbocycles. The first-order chi connectivity index (χ1) is 15.0. The number of nitrogens with zero attached hydrogens (tertiary/aromatic N) is 4. The molecule has 5 rings (SSSR count). The van der Waals surface area contributed by atoms with Gasteiger partial charge in [0.05, 0.1) is 11.8 Å². The number of benzene rings is 1. The number of aliphatic hydroxyl groups is 1. The van der Waals surface area contributed by atoms with Crippen molar-refractivity contribution < 1.29 is 9.67 Å². The third-order valence-electron chi connectivity index (χ3n) is 7.88. The second kappa shape index (κ2) is 6.78. The maximum atomic E-state index is 10.3. The predicted octanol–water partition coefficient (Wildman–Crippen LogP) is 5.51. The Bertz CT molecular complexity index is 1330. The lowest BCUT2D eigenvalue weighted by atomic mass is 9.97. The van der Waals surface area contributed by atoms with Crippen LogP contribution >= 0.6 is 0 Å². The molecule has 1 atom stereocenters. The van der Waals surface area contributed by atoms with Gasteiger partial charge in [-0.05, 0) is 44.3 Å². The Morgan fingerprint density at radius 1 is 1.03 bits per heavy atom. The summed E-state index contributed by atoms with van der Waals surface area (Å²) in [6.07, 6.45) is 4.68. The van der Waals surface area contributed by atoms with Crippen LogP contribution in [0, 0.1) is 6.92 Å². The van der Waals surface area contributed by atoms with Crippen molar-refractivity contribution >= 4 is 24.9 Å². The Labute approximate surface area is 191 Å². The summed E-state index contributed by atoms with van der Waals surface area (Å²) in [5.41, 5.74) is 7.63. The first-order valence-corrected chi connectivity index (χ1v) is 14.0. The predicted molar refractivity (Wildman–Crippen MR) is 132 cm³/mol. The lowest BCUT2D eigenvalue weighted by Crippen LogP contribution is -2.56. The van der Waals surface area contributed by atoms with E-state index < -0.39 is 13.8 Å². The van der Waals surface area contributed by atoms with Crippen LogP contribution in [-0.4, -0.2) is 27.0 Å². The van der Waals surface area contributed by atoms with Gasteiger partial charge < -0.3 is 5.11 Å². The Balaban J connectivity index is 1.77. The Hall–Kier alpha value is -2.44. The van der Waals surface area contributed by atoms with Gasteiger partial charge in [0.25, 0.3) is 5.65 Å². The highest BCUT2D eigenvalue weighted by Gasteiger charge is 2.61. The van der Waals surface area contributed by atoms with Crippen LogP contribution in [0.4, 0.5) is 0 Å². The van der Waals surface area contributed by atoms with E-state index in [1.807, 2.05) is 26.0 Å². The van der Waals surface area contributed by atoms with Gasteiger partial charge in [0.2, 0.25) is 0 Å². The van der Waals surface area contributed by atoms with Crippen molar-refractivity contribution in [2.75, 3.05) is 0 Å². The minimum atomic E-state index is -1.84. The van der Waals surface area contributed by atoms with Crippen LogP contribution in [0.15, 0.2) is 42.7 Å². The number of hydrogen-bond donors (Lipinski definition) is 1. The van der Waals surface area contributed by atoms with Crippen molar-refractivity contribution in [2.24, 2.45) is 0 Å². The summed E-state index contributed by atoms with van der Waals surface area (Å²) in [4.78, 5) is 5.00. The van der Waals surface area contributed by atoms with E-state index in [1.165, 1.54) is 11.2 Å². The number of aryl methyl sites for hydroxylation is 1. The number of aromatic nitrogens is 4. The normalized spacial score (nSPS) is 18.0. The largest absolute Gasteiger partial charge is 0.386 e. The molecule has 1 unspecified atom stereocenters. The maximum Gasteiger partial charge on any atom is 0.315 e. The highest BCUT2D eigenvalue weighted by Crippen LogP contribution is 2.45. The zero-order chi connectivity index (χ0) is 23.2. The van der Waals surface area contributed by atoms with E-state index in [0.717, 1.165) is 28.2 Å². The van der Waals surface area contributed by atoms with Gasteiger partial charge in [0, 0.05) is 11.6 Å². The van der Waals surface area contributed by atoms with Crippen LogP contribution in [0.25, 0.3) is 27.9 Å². The lowest BCUT2D eigenvalue weighted by molar-refractivity contribution is -0.673. The van der Waals surface area contributed by atoms with Gasteiger partial charge in [-0.15, -0.1) is 0 Å². The van der Waals surface area contributed by atoms with E-state index in [-0.39, 0.29) is 0 Å². The van der Waals surface area contributed by atoms with E-state index in [2.05, 4.69) is 85.3 Å². The third kappa shape index (κ3) is 2.59. The molecule has 4 aromatic rings. The molecule has 3 aromatic heterocycles. The summed E-state index contributed by atoms with van der Waals surface area (Å²) in [6, 6.07) is 10.5. The van der Waals surface area contributed by atoms with Crippen molar-refractivity contribution in [3.63, 3.8) is 0 Å². The summed E-state index contributed by atoms with van der Waals surface area (Å²) in [5.74, 6) is 1.01. The number of fused-ring (bicyclic) bond motifs is 2. The van der Waals surface area contributed by atoms with Crippen molar-refractivity contribution in [3.05, 3.63) is 54.1 Å². The Kier molecular flexibility index (Phi) is 4.53. The molecule has 0 bridgehead atoms. The average Bonchev–Trinajstić information content (AvgIpc) is 3.35. The van der Waals surface area contributed by atoms with Crippen LogP contribution in [0.3, 0.4) is 0 Å². The van der Waals surface area contributed by atoms with E-state index in [4.69, 9.17) is 4.98 Å². The van der Waals surface area contributed by atoms with Crippen LogP contribution in [0.1, 0.15) is 65.5 Å². The van der Waals surface area contributed by atoms with Crippen molar-refractivity contribution in [1.82, 2.24) is 13.6 Å². The van der Waals surface area contributed by atoms with Crippen molar-refractivity contribution in [2.45, 2.75) is 77.7 Å². The first kappa shape index (κ1) is 21.4. The van der Waals surface area contributed by atoms with E-state index in [9.17, 15) is 5.11 Å². The summed E-state index contributed by atoms with van der Waals surface area (Å²) < 4.78 is 7.52. The second-order valence-electron chi connectivity index (χ2n) is 10.7. The summed E-state index contributed by atoms with van der Waals surface area (Å²) >= 11 is 0. The monoisotopic (exact) mass is 447 g/mol. The van der Waals surface area contributed by atoms with Crippen molar-refractivity contribution in [3.8, 4) is 11.3 Å². The first-order valence-electron chi connectivity index (χ1n) is 11.8. The fourth-order valence-corrected chi connectivity index (χ4v) is 12.8. The van der Waals surface area contributed by atoms with Crippen LogP contribution in [-0.2, 0) is 5.60 Å². The van der Waals surface area contributed by atoms with Gasteiger partial charge in [-0.2, -0.15) is 0 Å². The third-order valence-corrected chi connectivity index (χ3v) is 14.4. The van der Waals surface area contributed by atoms with Crippen LogP contribution < -0.4 is 4.57 Å². The van der Waals surface area contributed by atoms with Gasteiger partial charge in [0.15, 0.2) is 0 Å². The Morgan fingerprint density at radius 3 is 2.22 bits per heavy atom. The number of hydrogen-bond acceptors (Lipinski definition) is 2. The maximum absolute atomic E-state index is 10.3. The zero-order valence-electron chi connectivity index (χ0n) is 20.5. The minimum Gasteiger partial charge on any atom is -0.386 e. The highest BCUT2D eigenvalue weighted by atomic mass is 28.3. The molecule has 32 heavy (non-hydrogen) atoms. The zero-order valence-corrected chi connectivity index (χ0v) is 21.5. The molecule has 5 nitrogen and oxygen atoms in total. The van der Waals surface area contributed by atoms with Crippen molar-refractivity contribution in [1.29, 1.82) is 0 Å². The smallest absolute Gasteiger partial charge is 0.315 e. The highest BCUT2D eigenvalue weighted by molar-refractivity contribution is 6.82. The summed E-state index contributed by atoms with van der Waals surface area (Å²) in [6.45, 7) is 17.8. The van der Waals surface area contributed by atoms with Gasteiger partial charge in [-0.3, -0.25) is 8.63 Å². The van der Waals surface area contributed by atoms with Gasteiger partial charge in [0.1, 0.15) is 34.4 Å². The van der Waals surface area contributed by atoms with E-state index in [0.29, 0.717) is 16.7 Å². The van der Waals surface area contributed by atoms with E-state index >= 15 is 0 Å². The average molecular weight is 448 g/mol. The second-order valence-corrected chi connectivity index (χ2v) is 16.1. The topological polar surface area (TPSA) is 46.3 Å². The summed E-state index contributed by atoms with van der Waals surface area (Å²) in [5, 5.41) is 10.3.